The average molecular weight is 901 g/mol. The van der Waals surface area contributed by atoms with Crippen molar-refractivity contribution in [2.75, 3.05) is 65.7 Å². The lowest BCUT2D eigenvalue weighted by molar-refractivity contribution is -0.293. The van der Waals surface area contributed by atoms with Gasteiger partial charge in [-0.15, -0.1) is 0 Å². The van der Waals surface area contributed by atoms with E-state index in [1.54, 1.807) is 0 Å². The van der Waals surface area contributed by atoms with Crippen LogP contribution in [-0.4, -0.2) is 120 Å². The van der Waals surface area contributed by atoms with E-state index in [0.29, 0.717) is 70.4 Å². The van der Waals surface area contributed by atoms with Crippen molar-refractivity contribution in [3.05, 3.63) is 68.6 Å². The number of rotatable bonds is 10. The first-order chi connectivity index (χ1) is 25.1. The maximum Gasteiger partial charge on any atom is 0.169 e. The molecule has 1 spiro atoms. The molecule has 5 fully saturated rings. The minimum atomic E-state index is -0.724. The second kappa shape index (κ2) is 18.3. The quantitative estimate of drug-likeness (QED) is 0.219. The third-order valence-electron chi connectivity index (χ3n) is 12.4. The number of nitrogens with zero attached hydrogens (tertiary/aromatic N) is 2. The van der Waals surface area contributed by atoms with E-state index in [0.717, 1.165) is 40.6 Å². The van der Waals surface area contributed by atoms with Crippen LogP contribution in [-0.2, 0) is 27.1 Å². The number of piperidine rings is 2. The summed E-state index contributed by atoms with van der Waals surface area (Å²) in [6.45, 7) is 14.4. The van der Waals surface area contributed by atoms with Gasteiger partial charge in [-0.25, -0.2) is 0 Å². The number of hydrogen-bond donors (Lipinski definition) is 4. The molecule has 2 aromatic rings. The van der Waals surface area contributed by atoms with E-state index in [-0.39, 0.29) is 37.5 Å². The van der Waals surface area contributed by atoms with Gasteiger partial charge in [0, 0.05) is 95.6 Å². The number of carbonyl (C=O) groups is 1. The Hall–Kier alpha value is -1.32. The summed E-state index contributed by atoms with van der Waals surface area (Å²) in [4.78, 5) is 17.3. The van der Waals surface area contributed by atoms with Crippen LogP contribution in [0.15, 0.2) is 57.5 Å². The van der Waals surface area contributed by atoms with Crippen molar-refractivity contribution in [2.24, 2.45) is 33.5 Å². The summed E-state index contributed by atoms with van der Waals surface area (Å²) in [7, 11) is 0. The lowest BCUT2D eigenvalue weighted by atomic mass is 9.53. The highest BCUT2D eigenvalue weighted by molar-refractivity contribution is 9.10. The highest BCUT2D eigenvalue weighted by Crippen LogP contribution is 2.58. The minimum absolute atomic E-state index is 0. The first kappa shape index (κ1) is 46.4. The number of likely N-dealkylation sites (tertiary alicyclic amines) is 2. The van der Waals surface area contributed by atoms with Gasteiger partial charge in [-0.05, 0) is 60.1 Å². The maximum atomic E-state index is 12.5. The fourth-order valence-electron chi connectivity index (χ4n) is 11.0. The van der Waals surface area contributed by atoms with Gasteiger partial charge in [0.05, 0.1) is 38.6 Å². The minimum Gasteiger partial charge on any atom is -0.396 e. The summed E-state index contributed by atoms with van der Waals surface area (Å²) in [6, 6.07) is 16.4. The van der Waals surface area contributed by atoms with Crippen molar-refractivity contribution < 1.29 is 39.4 Å². The largest absolute Gasteiger partial charge is 0.396 e. The molecule has 6 atom stereocenters. The zero-order valence-electron chi connectivity index (χ0n) is 32.3. The average Bonchev–Trinajstić information content (AvgIpc) is 3.53. The number of ether oxygens (including phenoxy) is 2. The molecule has 0 amide bonds. The van der Waals surface area contributed by atoms with Gasteiger partial charge in [0.1, 0.15) is 5.78 Å². The molecule has 3 heterocycles. The van der Waals surface area contributed by atoms with Gasteiger partial charge in [-0.3, -0.25) is 9.50 Å². The Morgan fingerprint density at radius 2 is 1.05 bits per heavy atom. The van der Waals surface area contributed by atoms with Crippen LogP contribution in [0, 0.1) is 33.5 Å². The molecular weight excluding hydrogens is 835 g/mol. The Morgan fingerprint density at radius 3 is 1.53 bits per heavy atom. The molecule has 2 aromatic carbocycles. The summed E-state index contributed by atoms with van der Waals surface area (Å²) >= 11 is 6.96. The molecule has 3 aliphatic heterocycles. The highest BCUT2D eigenvalue weighted by atomic mass is 79.9. The van der Waals surface area contributed by atoms with Gasteiger partial charge in [-0.2, -0.15) is 0 Å². The molecule has 55 heavy (non-hydrogen) atoms. The molecule has 2 aliphatic carbocycles. The van der Waals surface area contributed by atoms with E-state index in [2.05, 4.69) is 81.5 Å². The number of ketones is 1. The third-order valence-corrected chi connectivity index (χ3v) is 13.5. The number of halogens is 3. The second-order valence-electron chi connectivity index (χ2n) is 18.2. The van der Waals surface area contributed by atoms with Crippen LogP contribution in [0.1, 0.15) is 71.9 Å². The van der Waals surface area contributed by atoms with Crippen LogP contribution in [0.2, 0.25) is 0 Å². The molecule has 0 aromatic heterocycles. The predicted octanol–water partition coefficient (Wildman–Crippen LogP) is 6.27. The molecule has 7 rings (SSSR count). The van der Waals surface area contributed by atoms with E-state index in [9.17, 15) is 25.2 Å². The van der Waals surface area contributed by atoms with Crippen molar-refractivity contribution in [1.82, 2.24) is 9.80 Å². The summed E-state index contributed by atoms with van der Waals surface area (Å²) in [6.07, 6.45) is 2.03. The normalized spacial score (nSPS) is 32.8. The van der Waals surface area contributed by atoms with Gasteiger partial charge < -0.3 is 39.7 Å². The van der Waals surface area contributed by atoms with Crippen LogP contribution in [0.25, 0.3) is 0 Å². The first-order valence-electron chi connectivity index (χ1n) is 19.4. The Morgan fingerprint density at radius 1 is 0.673 bits per heavy atom. The van der Waals surface area contributed by atoms with Gasteiger partial charge in [0.25, 0.3) is 0 Å². The van der Waals surface area contributed by atoms with E-state index in [1.165, 1.54) is 5.56 Å². The van der Waals surface area contributed by atoms with Crippen LogP contribution in [0.4, 0.5) is 4.70 Å². The standard InChI is InChI=1S/C22H32BrNO4.C20H28BrNO3.CH4.FH/c1-16(2)10-24-13-20(9-17-3-5-18(23)6-4-17)11-22(27-7-8-28-22)12-21(14-24,15-25)19(20)26;1-14(2)10-22-11-19(7-15-3-5-16(21)6-4-15)8-17(24)9-20(12-22,13-23)18(19)25;;/h3-6,16,19,25-26H,7-15H2,1-2H3;3-6,14,18,23,25H,7-13H2,1-2H3;1H4;1H. The summed E-state index contributed by atoms with van der Waals surface area (Å²) in [5.74, 6) is 0.526. The van der Waals surface area contributed by atoms with Gasteiger partial charge in [-0.1, -0.05) is 91.2 Å². The van der Waals surface area contributed by atoms with Crippen molar-refractivity contribution in [2.45, 2.75) is 91.6 Å². The van der Waals surface area contributed by atoms with Gasteiger partial charge in [0.2, 0.25) is 0 Å². The molecule has 12 heteroatoms. The lowest BCUT2D eigenvalue weighted by Crippen LogP contribution is -2.71. The van der Waals surface area contributed by atoms with Crippen LogP contribution in [0.5, 0.6) is 0 Å². The fraction of sp³-hybridized carbons (Fsp3) is 0.698. The molecule has 4 N–H and O–H groups in total. The van der Waals surface area contributed by atoms with E-state index < -0.39 is 39.7 Å². The molecule has 5 aliphatic rings. The molecule has 3 saturated heterocycles. The number of aliphatic hydroxyl groups is 4. The second-order valence-corrected chi connectivity index (χ2v) is 20.0. The third kappa shape index (κ3) is 9.77. The Bertz CT molecular complexity index is 1560. The molecule has 0 radical (unpaired) electrons. The zero-order valence-corrected chi connectivity index (χ0v) is 35.5. The van der Waals surface area contributed by atoms with Crippen LogP contribution in [0.3, 0.4) is 0 Å². The van der Waals surface area contributed by atoms with Crippen LogP contribution >= 0.6 is 31.9 Å². The van der Waals surface area contributed by atoms with Crippen LogP contribution < -0.4 is 0 Å². The predicted molar refractivity (Wildman–Crippen MR) is 222 cm³/mol. The van der Waals surface area contributed by atoms with Crippen molar-refractivity contribution >= 4 is 37.6 Å². The van der Waals surface area contributed by atoms with Crippen molar-refractivity contribution in [1.29, 1.82) is 0 Å². The Labute approximate surface area is 344 Å². The SMILES string of the molecule is C.CC(C)CN1CC2(CO)CC(=O)CC(Cc3ccc(Br)cc3)(C1)C2O.CC(C)CN1CC2(CO)CC3(CC(Cc4ccc(Br)cc4)(C1)C2O)OCCO3.F. The zero-order chi connectivity index (χ0) is 38.2. The summed E-state index contributed by atoms with van der Waals surface area (Å²) < 4.78 is 14.3. The lowest BCUT2D eigenvalue weighted by Gasteiger charge is -2.62. The summed E-state index contributed by atoms with van der Waals surface area (Å²) in [5, 5.41) is 43.4. The fourth-order valence-corrected chi connectivity index (χ4v) is 11.5. The molecule has 2 saturated carbocycles. The molecule has 4 bridgehead atoms. The molecule has 9 nitrogen and oxygen atoms in total. The van der Waals surface area contributed by atoms with Crippen molar-refractivity contribution in [3.8, 4) is 0 Å². The maximum absolute atomic E-state index is 12.5. The van der Waals surface area contributed by atoms with E-state index >= 15 is 0 Å². The Balaban J connectivity index is 0.000000238. The van der Waals surface area contributed by atoms with Crippen molar-refractivity contribution in [3.63, 3.8) is 0 Å². The number of Topliss-reactive ketones (excluding diaryl/α,β-unsaturated/α-hetero) is 1. The number of benzene rings is 2. The summed E-state index contributed by atoms with van der Waals surface area (Å²) in [5.41, 5.74) is 0.0413. The Kier molecular flexibility index (Phi) is 15.4. The molecular formula is C43H65Br2FN2O7. The smallest absolute Gasteiger partial charge is 0.169 e. The number of carbonyl (C=O) groups excluding carboxylic acids is 1. The van der Waals surface area contributed by atoms with Gasteiger partial charge >= 0.3 is 0 Å². The number of fused-ring (bicyclic) bond motifs is 4. The van der Waals surface area contributed by atoms with E-state index in [4.69, 9.17) is 9.47 Å². The van der Waals surface area contributed by atoms with E-state index in [1.807, 2.05) is 36.4 Å². The molecule has 6 unspecified atom stereocenters. The molecule has 310 valence electrons. The first-order valence-corrected chi connectivity index (χ1v) is 21.0. The topological polar surface area (TPSA) is 123 Å². The monoisotopic (exact) mass is 898 g/mol. The highest BCUT2D eigenvalue weighted by Gasteiger charge is 2.66. The number of aliphatic hydroxyl groups excluding tert-OH is 4. The van der Waals surface area contributed by atoms with Gasteiger partial charge in [0.15, 0.2) is 5.79 Å². The number of hydrogen-bond acceptors (Lipinski definition) is 9.